The first-order valence-electron chi connectivity index (χ1n) is 6.01. The highest BCUT2D eigenvalue weighted by atomic mass is 35.5. The minimum atomic E-state index is 0.0536. The van der Waals surface area contributed by atoms with Gasteiger partial charge in [-0.2, -0.15) is 0 Å². The molecule has 0 aromatic carbocycles. The molecule has 0 radical (unpaired) electrons. The molecule has 92 valence electrons. The summed E-state index contributed by atoms with van der Waals surface area (Å²) in [6.45, 7) is 1.57. The maximum Gasteiger partial charge on any atom is 0.240 e. The van der Waals surface area contributed by atoms with Crippen LogP contribution in [0.5, 0.6) is 0 Å². The molecule has 1 atom stereocenters. The molecular formula is C12H15ClN2OS. The van der Waals surface area contributed by atoms with Crippen LogP contribution in [0.2, 0.25) is 4.34 Å². The fourth-order valence-corrected chi connectivity index (χ4v) is 3.31. The van der Waals surface area contributed by atoms with E-state index >= 15 is 0 Å². The standard InChI is InChI=1S/C12H15ClN2OS/c13-11-4-3-9(17-11)7-15-6-5-10(12(15)16)14-8-1-2-8/h3-4,8,10,14H,1-2,5-7H2. The van der Waals surface area contributed by atoms with Crippen LogP contribution in [-0.4, -0.2) is 29.4 Å². The molecule has 1 saturated heterocycles. The van der Waals surface area contributed by atoms with Crippen molar-refractivity contribution in [1.82, 2.24) is 10.2 Å². The summed E-state index contributed by atoms with van der Waals surface area (Å²) >= 11 is 7.45. The maximum atomic E-state index is 12.1. The predicted molar refractivity (Wildman–Crippen MR) is 69.3 cm³/mol. The summed E-state index contributed by atoms with van der Waals surface area (Å²) in [4.78, 5) is 15.2. The van der Waals surface area contributed by atoms with Gasteiger partial charge in [0.2, 0.25) is 5.91 Å². The Hall–Kier alpha value is -0.580. The molecule has 0 spiro atoms. The molecule has 2 heterocycles. The number of amides is 1. The SMILES string of the molecule is O=C1C(NC2CC2)CCN1Cc1ccc(Cl)s1. The van der Waals surface area contributed by atoms with E-state index in [0.717, 1.165) is 22.2 Å². The van der Waals surface area contributed by atoms with E-state index < -0.39 is 0 Å². The van der Waals surface area contributed by atoms with Crippen LogP contribution in [0.4, 0.5) is 0 Å². The minimum Gasteiger partial charge on any atom is -0.336 e. The van der Waals surface area contributed by atoms with Crippen LogP contribution in [0.3, 0.4) is 0 Å². The van der Waals surface area contributed by atoms with Crippen molar-refractivity contribution in [2.75, 3.05) is 6.54 Å². The first-order chi connectivity index (χ1) is 8.22. The zero-order valence-electron chi connectivity index (χ0n) is 9.49. The van der Waals surface area contributed by atoms with Gasteiger partial charge in [0.1, 0.15) is 0 Å². The van der Waals surface area contributed by atoms with E-state index in [2.05, 4.69) is 5.32 Å². The van der Waals surface area contributed by atoms with Crippen LogP contribution in [0.15, 0.2) is 12.1 Å². The van der Waals surface area contributed by atoms with Gasteiger partial charge in [-0.3, -0.25) is 4.79 Å². The Bertz CT molecular complexity index is 430. The molecule has 3 nitrogen and oxygen atoms in total. The fraction of sp³-hybridized carbons (Fsp3) is 0.583. The van der Waals surface area contributed by atoms with E-state index in [1.165, 1.54) is 12.8 Å². The average Bonchev–Trinajstić information content (AvgIpc) is 2.94. The number of halogens is 1. The lowest BCUT2D eigenvalue weighted by atomic mass is 10.2. The van der Waals surface area contributed by atoms with Gasteiger partial charge in [0.25, 0.3) is 0 Å². The third kappa shape index (κ3) is 2.64. The molecular weight excluding hydrogens is 256 g/mol. The van der Waals surface area contributed by atoms with Gasteiger partial charge in [-0.1, -0.05) is 11.6 Å². The molecule has 1 aliphatic heterocycles. The maximum absolute atomic E-state index is 12.1. The van der Waals surface area contributed by atoms with Crippen LogP contribution in [0, 0.1) is 0 Å². The summed E-state index contributed by atoms with van der Waals surface area (Å²) in [5.41, 5.74) is 0. The second-order valence-corrected chi connectivity index (χ2v) is 6.55. The van der Waals surface area contributed by atoms with Gasteiger partial charge in [-0.25, -0.2) is 0 Å². The van der Waals surface area contributed by atoms with Crippen LogP contribution < -0.4 is 5.32 Å². The second-order valence-electron chi connectivity index (χ2n) is 4.75. The lowest BCUT2D eigenvalue weighted by molar-refractivity contribution is -0.129. The Morgan fingerprint density at radius 3 is 2.88 bits per heavy atom. The summed E-state index contributed by atoms with van der Waals surface area (Å²) in [5.74, 6) is 0.251. The molecule has 1 aliphatic carbocycles. The second kappa shape index (κ2) is 4.59. The Morgan fingerprint density at radius 1 is 1.41 bits per heavy atom. The molecule has 0 bridgehead atoms. The Balaban J connectivity index is 1.59. The number of nitrogens with zero attached hydrogens (tertiary/aromatic N) is 1. The van der Waals surface area contributed by atoms with Gasteiger partial charge in [0, 0.05) is 17.5 Å². The summed E-state index contributed by atoms with van der Waals surface area (Å²) in [7, 11) is 0. The molecule has 1 N–H and O–H groups in total. The van der Waals surface area contributed by atoms with Crippen molar-refractivity contribution >= 4 is 28.8 Å². The van der Waals surface area contributed by atoms with Gasteiger partial charge in [-0.05, 0) is 31.4 Å². The number of nitrogens with one attached hydrogen (secondary N) is 1. The highest BCUT2D eigenvalue weighted by Crippen LogP contribution is 2.26. The summed E-state index contributed by atoms with van der Waals surface area (Å²) in [6, 6.07) is 4.54. The van der Waals surface area contributed by atoms with Crippen molar-refractivity contribution in [3.05, 3.63) is 21.3 Å². The first-order valence-corrected chi connectivity index (χ1v) is 7.21. The van der Waals surface area contributed by atoms with Crippen LogP contribution >= 0.6 is 22.9 Å². The number of likely N-dealkylation sites (tertiary alicyclic amines) is 1. The van der Waals surface area contributed by atoms with E-state index in [9.17, 15) is 4.79 Å². The number of carbonyl (C=O) groups excluding carboxylic acids is 1. The van der Waals surface area contributed by atoms with Crippen LogP contribution in [-0.2, 0) is 11.3 Å². The normalized spacial score (nSPS) is 24.6. The van der Waals surface area contributed by atoms with Crippen molar-refractivity contribution in [2.45, 2.75) is 37.9 Å². The first kappa shape index (κ1) is 11.5. The van der Waals surface area contributed by atoms with Gasteiger partial charge in [-0.15, -0.1) is 11.3 Å². The van der Waals surface area contributed by atoms with E-state index in [4.69, 9.17) is 11.6 Å². The third-order valence-electron chi connectivity index (χ3n) is 3.29. The van der Waals surface area contributed by atoms with Gasteiger partial charge in [0.05, 0.1) is 16.9 Å². The average molecular weight is 271 g/mol. The number of thiophene rings is 1. The molecule has 5 heteroatoms. The monoisotopic (exact) mass is 270 g/mol. The molecule has 2 fully saturated rings. The van der Waals surface area contributed by atoms with Crippen molar-refractivity contribution in [3.63, 3.8) is 0 Å². The number of hydrogen-bond donors (Lipinski definition) is 1. The van der Waals surface area contributed by atoms with Crippen molar-refractivity contribution in [2.24, 2.45) is 0 Å². The van der Waals surface area contributed by atoms with E-state index in [0.29, 0.717) is 12.6 Å². The van der Waals surface area contributed by atoms with Gasteiger partial charge < -0.3 is 10.2 Å². The van der Waals surface area contributed by atoms with E-state index in [1.54, 1.807) is 11.3 Å². The number of rotatable bonds is 4. The van der Waals surface area contributed by atoms with Crippen LogP contribution in [0.1, 0.15) is 24.1 Å². The Kier molecular flexibility index (Phi) is 3.11. The third-order valence-corrected chi connectivity index (χ3v) is 4.50. The highest BCUT2D eigenvalue weighted by molar-refractivity contribution is 7.16. The zero-order chi connectivity index (χ0) is 11.8. The van der Waals surface area contributed by atoms with E-state index in [-0.39, 0.29) is 11.9 Å². The smallest absolute Gasteiger partial charge is 0.240 e. The summed E-state index contributed by atoms with van der Waals surface area (Å²) in [5, 5.41) is 3.41. The van der Waals surface area contributed by atoms with Gasteiger partial charge >= 0.3 is 0 Å². The molecule has 3 rings (SSSR count). The minimum absolute atomic E-state index is 0.0536. The Morgan fingerprint density at radius 2 is 2.24 bits per heavy atom. The summed E-state index contributed by atoms with van der Waals surface area (Å²) in [6.07, 6.45) is 3.39. The predicted octanol–water partition coefficient (Wildman–Crippen LogP) is 2.25. The molecule has 1 aromatic rings. The lowest BCUT2D eigenvalue weighted by Gasteiger charge is -2.16. The number of hydrogen-bond acceptors (Lipinski definition) is 3. The highest BCUT2D eigenvalue weighted by Gasteiger charge is 2.35. The van der Waals surface area contributed by atoms with Crippen molar-refractivity contribution < 1.29 is 4.79 Å². The molecule has 17 heavy (non-hydrogen) atoms. The summed E-state index contributed by atoms with van der Waals surface area (Å²) < 4.78 is 0.791. The molecule has 1 aromatic heterocycles. The molecule has 1 saturated carbocycles. The van der Waals surface area contributed by atoms with E-state index in [1.807, 2.05) is 17.0 Å². The van der Waals surface area contributed by atoms with Crippen molar-refractivity contribution in [1.29, 1.82) is 0 Å². The molecule has 1 unspecified atom stereocenters. The quantitative estimate of drug-likeness (QED) is 0.910. The fourth-order valence-electron chi connectivity index (χ4n) is 2.21. The molecule has 2 aliphatic rings. The molecule has 1 amide bonds. The topological polar surface area (TPSA) is 32.3 Å². The lowest BCUT2D eigenvalue weighted by Crippen LogP contribution is -2.39. The Labute approximate surface area is 110 Å². The number of carbonyl (C=O) groups is 1. The largest absolute Gasteiger partial charge is 0.336 e. The van der Waals surface area contributed by atoms with Crippen molar-refractivity contribution in [3.8, 4) is 0 Å². The van der Waals surface area contributed by atoms with Crippen LogP contribution in [0.25, 0.3) is 0 Å². The van der Waals surface area contributed by atoms with Gasteiger partial charge in [0.15, 0.2) is 0 Å². The zero-order valence-corrected chi connectivity index (χ0v) is 11.1.